The van der Waals surface area contributed by atoms with E-state index in [1.807, 2.05) is 0 Å². The Balaban J connectivity index is 3.09. The van der Waals surface area contributed by atoms with Crippen LogP contribution in [0.25, 0.3) is 0 Å². The van der Waals surface area contributed by atoms with Gasteiger partial charge in [-0.3, -0.25) is 0 Å². The van der Waals surface area contributed by atoms with Gasteiger partial charge in [-0.25, -0.2) is 0 Å². The minimum atomic E-state index is 0.975. The van der Waals surface area contributed by atoms with Crippen molar-refractivity contribution in [1.29, 1.82) is 0 Å². The van der Waals surface area contributed by atoms with E-state index in [0.29, 0.717) is 0 Å². The first-order valence-corrected chi connectivity index (χ1v) is 8.31. The van der Waals surface area contributed by atoms with Crippen molar-refractivity contribution < 1.29 is 0 Å². The van der Waals surface area contributed by atoms with E-state index in [0.717, 1.165) is 5.92 Å². The minimum absolute atomic E-state index is 0.975. The third-order valence-electron chi connectivity index (χ3n) is 3.85. The lowest BCUT2D eigenvalue weighted by Gasteiger charge is -2.10. The predicted octanol–water partition coefficient (Wildman–Crippen LogP) is 6.73. The van der Waals surface area contributed by atoms with Crippen LogP contribution in [0, 0.1) is 5.92 Å². The molecule has 0 heteroatoms. The number of unbranched alkanes of at least 4 members (excludes halogenated alkanes) is 9. The Morgan fingerprint density at radius 1 is 0.529 bits per heavy atom. The highest BCUT2D eigenvalue weighted by molar-refractivity contribution is 4.55. The molecule has 0 aliphatic carbocycles. The van der Waals surface area contributed by atoms with Crippen LogP contribution in [0.15, 0.2) is 0 Å². The predicted molar refractivity (Wildman–Crippen MR) is 80.5 cm³/mol. The molecule has 0 heterocycles. The van der Waals surface area contributed by atoms with Crippen LogP contribution in [0.4, 0.5) is 0 Å². The molecule has 1 atom stereocenters. The van der Waals surface area contributed by atoms with E-state index in [-0.39, 0.29) is 0 Å². The van der Waals surface area contributed by atoms with Gasteiger partial charge >= 0.3 is 0 Å². The van der Waals surface area contributed by atoms with Crippen LogP contribution >= 0.6 is 0 Å². The van der Waals surface area contributed by atoms with Gasteiger partial charge in [0.05, 0.1) is 0 Å². The van der Waals surface area contributed by atoms with Gasteiger partial charge in [-0.15, -0.1) is 0 Å². The van der Waals surface area contributed by atoms with Crippen LogP contribution in [0.2, 0.25) is 0 Å². The van der Waals surface area contributed by atoms with E-state index in [1.165, 1.54) is 83.5 Å². The average Bonchev–Trinajstić information content (AvgIpc) is 2.33. The maximum atomic E-state index is 2.45. The SMILES string of the molecule is CCCCCCCC[C@@H](C)CCCCCCC. The summed E-state index contributed by atoms with van der Waals surface area (Å²) in [6, 6.07) is 0. The summed E-state index contributed by atoms with van der Waals surface area (Å²) in [4.78, 5) is 0. The van der Waals surface area contributed by atoms with Crippen LogP contribution in [-0.2, 0) is 0 Å². The molecule has 0 fully saturated rings. The molecule has 104 valence electrons. The summed E-state index contributed by atoms with van der Waals surface area (Å²) in [6.45, 7) is 7.04. The third kappa shape index (κ3) is 13.9. The molecule has 0 rings (SSSR count). The molecular weight excluding hydrogens is 204 g/mol. The highest BCUT2D eigenvalue weighted by Crippen LogP contribution is 2.18. The van der Waals surface area contributed by atoms with Gasteiger partial charge in [-0.2, -0.15) is 0 Å². The molecule has 0 saturated carbocycles. The summed E-state index contributed by atoms with van der Waals surface area (Å²) in [5, 5.41) is 0. The van der Waals surface area contributed by atoms with Gasteiger partial charge in [0.25, 0.3) is 0 Å². The fraction of sp³-hybridized carbons (Fsp3) is 1.00. The molecule has 0 aromatic rings. The second-order valence-electron chi connectivity index (χ2n) is 5.86. The molecule has 0 unspecified atom stereocenters. The van der Waals surface area contributed by atoms with Crippen molar-refractivity contribution in [3.63, 3.8) is 0 Å². The van der Waals surface area contributed by atoms with Gasteiger partial charge in [0.15, 0.2) is 0 Å². The van der Waals surface area contributed by atoms with Crippen molar-refractivity contribution in [1.82, 2.24) is 0 Å². The van der Waals surface area contributed by atoms with Gasteiger partial charge in [0.1, 0.15) is 0 Å². The van der Waals surface area contributed by atoms with E-state index < -0.39 is 0 Å². The highest BCUT2D eigenvalue weighted by Gasteiger charge is 2.01. The van der Waals surface area contributed by atoms with Crippen LogP contribution < -0.4 is 0 Å². The third-order valence-corrected chi connectivity index (χ3v) is 3.85. The van der Waals surface area contributed by atoms with Crippen LogP contribution in [-0.4, -0.2) is 0 Å². The van der Waals surface area contributed by atoms with Gasteiger partial charge in [-0.1, -0.05) is 104 Å². The van der Waals surface area contributed by atoms with Gasteiger partial charge in [0.2, 0.25) is 0 Å². The lowest BCUT2D eigenvalue weighted by Crippen LogP contribution is -1.95. The van der Waals surface area contributed by atoms with Crippen molar-refractivity contribution in [2.45, 2.75) is 104 Å². The zero-order valence-electron chi connectivity index (χ0n) is 12.8. The van der Waals surface area contributed by atoms with E-state index in [1.54, 1.807) is 0 Å². The van der Waals surface area contributed by atoms with Gasteiger partial charge < -0.3 is 0 Å². The molecule has 0 aromatic carbocycles. The van der Waals surface area contributed by atoms with Gasteiger partial charge in [0, 0.05) is 0 Å². The molecule has 0 bridgehead atoms. The molecule has 0 nitrogen and oxygen atoms in total. The van der Waals surface area contributed by atoms with E-state index in [4.69, 9.17) is 0 Å². The average molecular weight is 240 g/mol. The maximum Gasteiger partial charge on any atom is -0.0443 e. The van der Waals surface area contributed by atoms with Crippen LogP contribution in [0.5, 0.6) is 0 Å². The molecule has 0 saturated heterocycles. The Morgan fingerprint density at radius 3 is 1.29 bits per heavy atom. The largest absolute Gasteiger partial charge is 0.0654 e. The fourth-order valence-electron chi connectivity index (χ4n) is 2.51. The first-order valence-electron chi connectivity index (χ1n) is 8.31. The van der Waals surface area contributed by atoms with Crippen LogP contribution in [0.1, 0.15) is 104 Å². The van der Waals surface area contributed by atoms with Crippen molar-refractivity contribution in [3.8, 4) is 0 Å². The summed E-state index contributed by atoms with van der Waals surface area (Å²) < 4.78 is 0. The molecular formula is C17H36. The Kier molecular flexibility index (Phi) is 14.1. The quantitative estimate of drug-likeness (QED) is 0.313. The Labute approximate surface area is 111 Å². The Morgan fingerprint density at radius 2 is 0.882 bits per heavy atom. The second-order valence-corrected chi connectivity index (χ2v) is 5.86. The smallest absolute Gasteiger partial charge is 0.0443 e. The topological polar surface area (TPSA) is 0 Å². The first-order chi connectivity index (χ1) is 8.31. The molecule has 0 spiro atoms. The van der Waals surface area contributed by atoms with E-state index >= 15 is 0 Å². The normalized spacial score (nSPS) is 12.9. The highest BCUT2D eigenvalue weighted by atomic mass is 14.1. The summed E-state index contributed by atoms with van der Waals surface area (Å²) in [7, 11) is 0. The van der Waals surface area contributed by atoms with Crippen molar-refractivity contribution >= 4 is 0 Å². The lowest BCUT2D eigenvalue weighted by molar-refractivity contribution is 0.432. The van der Waals surface area contributed by atoms with Gasteiger partial charge in [-0.05, 0) is 5.92 Å². The Bertz CT molecular complexity index is 128. The molecule has 0 N–H and O–H groups in total. The van der Waals surface area contributed by atoms with E-state index in [2.05, 4.69) is 20.8 Å². The molecule has 0 aliphatic rings. The molecule has 0 aromatic heterocycles. The second kappa shape index (κ2) is 14.1. The van der Waals surface area contributed by atoms with Crippen molar-refractivity contribution in [3.05, 3.63) is 0 Å². The summed E-state index contributed by atoms with van der Waals surface area (Å²) >= 11 is 0. The van der Waals surface area contributed by atoms with Crippen molar-refractivity contribution in [2.24, 2.45) is 5.92 Å². The molecule has 17 heavy (non-hydrogen) atoms. The van der Waals surface area contributed by atoms with E-state index in [9.17, 15) is 0 Å². The zero-order chi connectivity index (χ0) is 12.8. The molecule has 0 radical (unpaired) electrons. The standard InChI is InChI=1S/C17H36/c1-4-6-8-10-12-14-16-17(3)15-13-11-9-7-5-2/h17H,4-16H2,1-3H3/t17-/m0/s1. The zero-order valence-corrected chi connectivity index (χ0v) is 12.8. The number of rotatable bonds is 13. The Hall–Kier alpha value is 0. The number of hydrogen-bond donors (Lipinski definition) is 0. The van der Waals surface area contributed by atoms with Crippen LogP contribution in [0.3, 0.4) is 0 Å². The summed E-state index contributed by atoms with van der Waals surface area (Å²) in [5.41, 5.74) is 0. The molecule has 0 aliphatic heterocycles. The summed E-state index contributed by atoms with van der Waals surface area (Å²) in [6.07, 6.45) is 18.8. The lowest BCUT2D eigenvalue weighted by atomic mass is 9.96. The first kappa shape index (κ1) is 17.0. The minimum Gasteiger partial charge on any atom is -0.0654 e. The fourth-order valence-corrected chi connectivity index (χ4v) is 2.51. The maximum absolute atomic E-state index is 2.45. The number of hydrogen-bond acceptors (Lipinski definition) is 0. The molecule has 0 amide bonds. The van der Waals surface area contributed by atoms with Crippen molar-refractivity contribution in [2.75, 3.05) is 0 Å². The monoisotopic (exact) mass is 240 g/mol. The summed E-state index contributed by atoms with van der Waals surface area (Å²) in [5.74, 6) is 0.975.